The lowest BCUT2D eigenvalue weighted by molar-refractivity contribution is -0.132. The van der Waals surface area contributed by atoms with Gasteiger partial charge in [0.15, 0.2) is 0 Å². The summed E-state index contributed by atoms with van der Waals surface area (Å²) in [4.78, 5) is 26.2. The largest absolute Gasteiger partial charge is 0.477 e. The van der Waals surface area contributed by atoms with Crippen molar-refractivity contribution >= 4 is 47.9 Å². The number of thiol groups is 1. The molecule has 1 saturated heterocycles. The number of rotatable bonds is 3. The Kier molecular flexibility index (Phi) is 5.37. The highest BCUT2D eigenvalue weighted by atomic mass is 35.5. The summed E-state index contributed by atoms with van der Waals surface area (Å²) >= 11 is 10.2. The van der Waals surface area contributed by atoms with Crippen LogP contribution in [-0.4, -0.2) is 48.1 Å². The van der Waals surface area contributed by atoms with Crippen molar-refractivity contribution in [2.75, 3.05) is 31.1 Å². The third-order valence-corrected chi connectivity index (χ3v) is 4.25. The van der Waals surface area contributed by atoms with Crippen LogP contribution in [0.15, 0.2) is 23.1 Å². The van der Waals surface area contributed by atoms with Crippen molar-refractivity contribution in [2.45, 2.75) is 6.92 Å². The lowest BCUT2D eigenvalue weighted by Crippen LogP contribution is -2.48. The summed E-state index contributed by atoms with van der Waals surface area (Å²) in [5, 5.41) is 9.46. The summed E-state index contributed by atoms with van der Waals surface area (Å²) in [5.74, 6) is -1.04. The molecule has 118 valence electrons. The molecular weight excluding hydrogens is 324 g/mol. The smallest absolute Gasteiger partial charge is 0.341 e. The number of hydrogen-bond acceptors (Lipinski definition) is 4. The van der Waals surface area contributed by atoms with Crippen LogP contribution in [0.1, 0.15) is 12.5 Å². The van der Waals surface area contributed by atoms with Gasteiger partial charge in [-0.15, -0.1) is 12.6 Å². The van der Waals surface area contributed by atoms with Gasteiger partial charge in [0.25, 0.3) is 0 Å². The zero-order valence-electron chi connectivity index (χ0n) is 12.1. The molecule has 1 amide bonds. The van der Waals surface area contributed by atoms with Crippen molar-refractivity contribution in [3.8, 4) is 0 Å². The van der Waals surface area contributed by atoms with Gasteiger partial charge in [-0.05, 0) is 18.2 Å². The molecule has 0 unspecified atom stereocenters. The standard InChI is InChI=1S/C15H17ClN2O3S/c1-10(19)17-5-7-18(8-6-17)13-4-2-3-12(16)11(13)9-14(22)15(20)21/h2-4,9,22H,5-8H2,1H3,(H,20,21)/b14-9-. The summed E-state index contributed by atoms with van der Waals surface area (Å²) in [7, 11) is 0. The maximum Gasteiger partial charge on any atom is 0.341 e. The van der Waals surface area contributed by atoms with Gasteiger partial charge in [0.2, 0.25) is 5.91 Å². The number of amides is 1. The number of anilines is 1. The summed E-state index contributed by atoms with van der Waals surface area (Å²) < 4.78 is 0. The molecular formula is C15H17ClN2O3S. The Morgan fingerprint density at radius 2 is 1.91 bits per heavy atom. The Hall–Kier alpha value is -1.66. The Morgan fingerprint density at radius 3 is 2.45 bits per heavy atom. The number of nitrogens with zero attached hydrogens (tertiary/aromatic N) is 2. The molecule has 0 bridgehead atoms. The number of piperazine rings is 1. The Bertz CT molecular complexity index is 625. The average molecular weight is 341 g/mol. The van der Waals surface area contributed by atoms with Crippen molar-refractivity contribution < 1.29 is 14.7 Å². The Balaban J connectivity index is 2.29. The molecule has 2 rings (SSSR count). The highest BCUT2D eigenvalue weighted by molar-refractivity contribution is 7.85. The molecule has 1 aliphatic rings. The van der Waals surface area contributed by atoms with E-state index in [0.29, 0.717) is 36.8 Å². The van der Waals surface area contributed by atoms with E-state index in [0.717, 1.165) is 5.69 Å². The molecule has 7 heteroatoms. The minimum absolute atomic E-state index is 0.0642. The molecule has 1 fully saturated rings. The lowest BCUT2D eigenvalue weighted by Gasteiger charge is -2.36. The number of aliphatic carboxylic acids is 1. The van der Waals surface area contributed by atoms with E-state index in [1.54, 1.807) is 17.9 Å². The minimum atomic E-state index is -1.10. The lowest BCUT2D eigenvalue weighted by atomic mass is 10.1. The van der Waals surface area contributed by atoms with Crippen LogP contribution < -0.4 is 4.90 Å². The number of carbonyl (C=O) groups excluding carboxylic acids is 1. The highest BCUT2D eigenvalue weighted by Gasteiger charge is 2.21. The zero-order chi connectivity index (χ0) is 16.3. The molecule has 5 nitrogen and oxygen atoms in total. The van der Waals surface area contributed by atoms with E-state index < -0.39 is 5.97 Å². The molecule has 0 spiro atoms. The van der Waals surface area contributed by atoms with Gasteiger partial charge in [0, 0.05) is 49.4 Å². The summed E-state index contributed by atoms with van der Waals surface area (Å²) in [6.45, 7) is 4.18. The van der Waals surface area contributed by atoms with Crippen LogP contribution >= 0.6 is 24.2 Å². The number of carboxylic acids is 1. The van der Waals surface area contributed by atoms with E-state index in [-0.39, 0.29) is 10.8 Å². The number of halogens is 1. The monoisotopic (exact) mass is 340 g/mol. The minimum Gasteiger partial charge on any atom is -0.477 e. The quantitative estimate of drug-likeness (QED) is 0.655. The second-order valence-corrected chi connectivity index (χ2v) is 5.89. The van der Waals surface area contributed by atoms with E-state index in [9.17, 15) is 9.59 Å². The Morgan fingerprint density at radius 1 is 1.27 bits per heavy atom. The predicted molar refractivity (Wildman–Crippen MR) is 90.5 cm³/mol. The first-order valence-corrected chi connectivity index (χ1v) is 7.65. The normalized spacial score (nSPS) is 15.9. The fourth-order valence-electron chi connectivity index (χ4n) is 2.40. The van der Waals surface area contributed by atoms with Crippen LogP contribution in [-0.2, 0) is 9.59 Å². The van der Waals surface area contributed by atoms with Crippen molar-refractivity contribution in [1.29, 1.82) is 0 Å². The van der Waals surface area contributed by atoms with Crippen molar-refractivity contribution in [3.05, 3.63) is 33.7 Å². The van der Waals surface area contributed by atoms with Gasteiger partial charge in [-0.3, -0.25) is 4.79 Å². The van der Waals surface area contributed by atoms with Gasteiger partial charge in [0.05, 0.1) is 4.91 Å². The van der Waals surface area contributed by atoms with Crippen LogP contribution in [0, 0.1) is 0 Å². The number of benzene rings is 1. The van der Waals surface area contributed by atoms with E-state index in [2.05, 4.69) is 17.5 Å². The van der Waals surface area contributed by atoms with Crippen LogP contribution in [0.4, 0.5) is 5.69 Å². The molecule has 0 saturated carbocycles. The fraction of sp³-hybridized carbons (Fsp3) is 0.333. The fourth-order valence-corrected chi connectivity index (χ4v) is 2.76. The number of hydrogen-bond donors (Lipinski definition) is 2. The van der Waals surface area contributed by atoms with Crippen molar-refractivity contribution in [2.24, 2.45) is 0 Å². The topological polar surface area (TPSA) is 60.9 Å². The SMILES string of the molecule is CC(=O)N1CCN(c2cccc(Cl)c2/C=C(\S)C(=O)O)CC1. The predicted octanol–water partition coefficient (Wildman–Crippen LogP) is 2.36. The summed E-state index contributed by atoms with van der Waals surface area (Å²) in [6.07, 6.45) is 1.46. The van der Waals surface area contributed by atoms with Crippen LogP contribution in [0.5, 0.6) is 0 Å². The number of carboxylic acid groups (broad SMARTS) is 1. The van der Waals surface area contributed by atoms with Gasteiger partial charge in [-0.25, -0.2) is 4.79 Å². The van der Waals surface area contributed by atoms with Gasteiger partial charge >= 0.3 is 5.97 Å². The first-order valence-electron chi connectivity index (χ1n) is 6.83. The van der Waals surface area contributed by atoms with Gasteiger partial charge < -0.3 is 14.9 Å². The molecule has 0 radical (unpaired) electrons. The summed E-state index contributed by atoms with van der Waals surface area (Å²) in [6, 6.07) is 5.43. The van der Waals surface area contributed by atoms with E-state index in [1.807, 2.05) is 12.1 Å². The van der Waals surface area contributed by atoms with E-state index in [4.69, 9.17) is 16.7 Å². The van der Waals surface area contributed by atoms with Crippen LogP contribution in [0.25, 0.3) is 6.08 Å². The first-order chi connectivity index (χ1) is 10.4. The average Bonchev–Trinajstić information content (AvgIpc) is 2.49. The van der Waals surface area contributed by atoms with E-state index in [1.165, 1.54) is 6.08 Å². The maximum atomic E-state index is 11.4. The molecule has 0 aliphatic carbocycles. The Labute approximate surface area is 139 Å². The number of carbonyl (C=O) groups is 2. The molecule has 1 aromatic carbocycles. The van der Waals surface area contributed by atoms with E-state index >= 15 is 0 Å². The molecule has 0 aromatic heterocycles. The third-order valence-electron chi connectivity index (χ3n) is 3.60. The van der Waals surface area contributed by atoms with Crippen molar-refractivity contribution in [3.63, 3.8) is 0 Å². The van der Waals surface area contributed by atoms with Crippen LogP contribution in [0.2, 0.25) is 5.02 Å². The van der Waals surface area contributed by atoms with Crippen LogP contribution in [0.3, 0.4) is 0 Å². The van der Waals surface area contributed by atoms with Gasteiger partial charge in [-0.2, -0.15) is 0 Å². The second-order valence-electron chi connectivity index (χ2n) is 5.00. The molecule has 1 aliphatic heterocycles. The zero-order valence-corrected chi connectivity index (χ0v) is 13.8. The molecule has 1 aromatic rings. The van der Waals surface area contributed by atoms with Gasteiger partial charge in [0.1, 0.15) is 0 Å². The summed E-state index contributed by atoms with van der Waals surface area (Å²) in [5.41, 5.74) is 1.48. The van der Waals surface area contributed by atoms with Crippen molar-refractivity contribution in [1.82, 2.24) is 4.90 Å². The first kappa shape index (κ1) is 16.7. The second kappa shape index (κ2) is 7.07. The van der Waals surface area contributed by atoms with Gasteiger partial charge in [-0.1, -0.05) is 17.7 Å². The third kappa shape index (κ3) is 3.75. The molecule has 22 heavy (non-hydrogen) atoms. The molecule has 0 atom stereocenters. The molecule has 1 N–H and O–H groups in total. The molecule has 1 heterocycles. The highest BCUT2D eigenvalue weighted by Crippen LogP contribution is 2.31. The maximum absolute atomic E-state index is 11.4.